The van der Waals surface area contributed by atoms with Crippen molar-refractivity contribution in [1.82, 2.24) is 5.32 Å². The summed E-state index contributed by atoms with van der Waals surface area (Å²) in [4.78, 5) is 32.0. The number of aromatic hydroxyl groups is 1. The van der Waals surface area contributed by atoms with E-state index in [9.17, 15) is 24.8 Å². The molecule has 1 aromatic carbocycles. The zero-order valence-electron chi connectivity index (χ0n) is 11.4. The van der Waals surface area contributed by atoms with E-state index in [1.165, 1.54) is 12.3 Å². The SMILES string of the molecule is O=C(O)CC1SC(=NN=Cc2ccc(O)c([N+](=O)[O-])c2)NC1=O. The highest BCUT2D eigenvalue weighted by Crippen LogP contribution is 2.26. The number of phenolic OH excluding ortho intramolecular Hbond substituents is 1. The lowest BCUT2D eigenvalue weighted by Gasteiger charge is -1.98. The summed E-state index contributed by atoms with van der Waals surface area (Å²) in [5.74, 6) is -2.03. The van der Waals surface area contributed by atoms with E-state index >= 15 is 0 Å². The van der Waals surface area contributed by atoms with Crippen molar-refractivity contribution in [2.45, 2.75) is 11.7 Å². The van der Waals surface area contributed by atoms with Crippen LogP contribution in [0.5, 0.6) is 5.75 Å². The van der Waals surface area contributed by atoms with Gasteiger partial charge in [0, 0.05) is 11.6 Å². The fourth-order valence-electron chi connectivity index (χ4n) is 1.66. The Morgan fingerprint density at radius 1 is 1.52 bits per heavy atom. The lowest BCUT2D eigenvalue weighted by atomic mass is 10.2. The first kappa shape index (κ1) is 16.4. The molecule has 11 heteroatoms. The van der Waals surface area contributed by atoms with Crippen molar-refractivity contribution in [2.24, 2.45) is 10.2 Å². The summed E-state index contributed by atoms with van der Waals surface area (Å²) in [5.41, 5.74) is -0.137. The number of amides is 1. The van der Waals surface area contributed by atoms with E-state index in [4.69, 9.17) is 5.11 Å². The van der Waals surface area contributed by atoms with Gasteiger partial charge >= 0.3 is 11.7 Å². The number of benzene rings is 1. The van der Waals surface area contributed by atoms with Gasteiger partial charge in [0.25, 0.3) is 0 Å². The van der Waals surface area contributed by atoms with E-state index in [0.717, 1.165) is 23.9 Å². The van der Waals surface area contributed by atoms with E-state index in [2.05, 4.69) is 15.5 Å². The van der Waals surface area contributed by atoms with E-state index in [1.807, 2.05) is 0 Å². The molecule has 3 N–H and O–H groups in total. The number of hydrogen-bond acceptors (Lipinski definition) is 8. The van der Waals surface area contributed by atoms with Crippen molar-refractivity contribution in [3.8, 4) is 5.75 Å². The number of aliphatic carboxylic acids is 1. The van der Waals surface area contributed by atoms with Crippen molar-refractivity contribution in [2.75, 3.05) is 0 Å². The van der Waals surface area contributed by atoms with E-state index in [1.54, 1.807) is 0 Å². The number of carbonyl (C=O) groups is 2. The zero-order valence-corrected chi connectivity index (χ0v) is 12.2. The smallest absolute Gasteiger partial charge is 0.311 e. The molecule has 1 unspecified atom stereocenters. The van der Waals surface area contributed by atoms with Crippen LogP contribution in [-0.4, -0.2) is 43.6 Å². The van der Waals surface area contributed by atoms with Crippen LogP contribution in [0.3, 0.4) is 0 Å². The Bertz CT molecular complexity index is 732. The molecular weight excluding hydrogens is 328 g/mol. The average Bonchev–Trinajstić information content (AvgIpc) is 2.80. The van der Waals surface area contributed by atoms with Gasteiger partial charge in [-0.2, -0.15) is 5.10 Å². The third-order valence-corrected chi connectivity index (χ3v) is 3.76. The second kappa shape index (κ2) is 6.87. The number of rotatable bonds is 5. The molecular formula is C12H10N4O6S. The standard InChI is InChI=1S/C12H10N4O6S/c17-8-2-1-6(3-7(8)16(21)22)5-13-15-12-14-11(20)9(23-12)4-10(18)19/h1-3,5,9,17H,4H2,(H,18,19)(H,14,15,20). The van der Waals surface area contributed by atoms with Gasteiger partial charge in [0.1, 0.15) is 5.25 Å². The minimum absolute atomic E-state index is 0.144. The molecule has 1 saturated heterocycles. The molecule has 1 heterocycles. The molecule has 0 radical (unpaired) electrons. The number of nitrogens with zero attached hydrogens (tertiary/aromatic N) is 3. The van der Waals surface area contributed by atoms with E-state index < -0.39 is 33.5 Å². The Morgan fingerprint density at radius 3 is 2.91 bits per heavy atom. The number of amidine groups is 1. The molecule has 2 rings (SSSR count). The molecule has 1 atom stereocenters. The molecule has 10 nitrogen and oxygen atoms in total. The van der Waals surface area contributed by atoms with Crippen molar-refractivity contribution < 1.29 is 24.7 Å². The fraction of sp³-hybridized carbons (Fsp3) is 0.167. The van der Waals surface area contributed by atoms with Crippen molar-refractivity contribution in [1.29, 1.82) is 0 Å². The van der Waals surface area contributed by atoms with Crippen LogP contribution in [0.4, 0.5) is 5.69 Å². The van der Waals surface area contributed by atoms with Crippen LogP contribution in [0, 0.1) is 10.1 Å². The Hall–Kier alpha value is -2.95. The maximum Gasteiger partial charge on any atom is 0.311 e. The van der Waals surface area contributed by atoms with Crippen LogP contribution in [0.15, 0.2) is 28.4 Å². The highest BCUT2D eigenvalue weighted by atomic mass is 32.2. The van der Waals surface area contributed by atoms with Gasteiger partial charge in [0.15, 0.2) is 10.9 Å². The quantitative estimate of drug-likeness (QED) is 0.405. The van der Waals surface area contributed by atoms with Crippen LogP contribution in [0.2, 0.25) is 0 Å². The lowest BCUT2D eigenvalue weighted by molar-refractivity contribution is -0.385. The van der Waals surface area contributed by atoms with Gasteiger partial charge in [-0.25, -0.2) is 0 Å². The Labute approximate surface area is 133 Å². The second-order valence-electron chi connectivity index (χ2n) is 4.35. The largest absolute Gasteiger partial charge is 0.502 e. The summed E-state index contributed by atoms with van der Waals surface area (Å²) in [6.45, 7) is 0. The predicted molar refractivity (Wildman–Crippen MR) is 81.6 cm³/mol. The normalized spacial score (nSPS) is 19.2. The summed E-state index contributed by atoms with van der Waals surface area (Å²) in [7, 11) is 0. The Kier molecular flexibility index (Phi) is 4.91. The van der Waals surface area contributed by atoms with Gasteiger partial charge in [-0.1, -0.05) is 11.8 Å². The van der Waals surface area contributed by atoms with Crippen molar-refractivity contribution >= 4 is 40.7 Å². The maximum absolute atomic E-state index is 11.5. The van der Waals surface area contributed by atoms with Gasteiger partial charge in [0.05, 0.1) is 17.6 Å². The minimum atomic E-state index is -1.10. The number of thioether (sulfide) groups is 1. The third kappa shape index (κ3) is 4.26. The summed E-state index contributed by atoms with van der Waals surface area (Å²) >= 11 is 0.939. The topological polar surface area (TPSA) is 154 Å². The molecule has 0 bridgehead atoms. The van der Waals surface area contributed by atoms with Gasteiger partial charge < -0.3 is 15.5 Å². The summed E-state index contributed by atoms with van der Waals surface area (Å²) in [6.07, 6.45) is 0.875. The first-order chi connectivity index (χ1) is 10.9. The number of nitro groups is 1. The maximum atomic E-state index is 11.5. The monoisotopic (exact) mass is 338 g/mol. The molecule has 0 saturated carbocycles. The highest BCUT2D eigenvalue weighted by molar-refractivity contribution is 8.15. The molecule has 1 aliphatic heterocycles. The highest BCUT2D eigenvalue weighted by Gasteiger charge is 2.32. The fourth-order valence-corrected chi connectivity index (χ4v) is 2.58. The summed E-state index contributed by atoms with van der Waals surface area (Å²) in [5, 5.41) is 37.8. The van der Waals surface area contributed by atoms with Crippen LogP contribution in [0.1, 0.15) is 12.0 Å². The molecule has 0 aliphatic carbocycles. The molecule has 23 heavy (non-hydrogen) atoms. The van der Waals surface area contributed by atoms with Crippen LogP contribution >= 0.6 is 11.8 Å². The minimum Gasteiger partial charge on any atom is -0.502 e. The van der Waals surface area contributed by atoms with Crippen molar-refractivity contribution in [3.63, 3.8) is 0 Å². The van der Waals surface area contributed by atoms with Gasteiger partial charge in [-0.3, -0.25) is 19.7 Å². The third-order valence-electron chi connectivity index (χ3n) is 2.69. The first-order valence-electron chi connectivity index (χ1n) is 6.14. The summed E-state index contributed by atoms with van der Waals surface area (Å²) in [6, 6.07) is 3.67. The van der Waals surface area contributed by atoms with Gasteiger partial charge in [-0.15, -0.1) is 5.10 Å². The number of carboxylic acids is 1. The Balaban J connectivity index is 2.07. The number of nitro benzene ring substituents is 1. The molecule has 1 fully saturated rings. The van der Waals surface area contributed by atoms with Crippen LogP contribution in [-0.2, 0) is 9.59 Å². The van der Waals surface area contributed by atoms with Gasteiger partial charge in [0.2, 0.25) is 5.91 Å². The lowest BCUT2D eigenvalue weighted by Crippen LogP contribution is -2.26. The van der Waals surface area contributed by atoms with E-state index in [0.29, 0.717) is 5.56 Å². The first-order valence-corrected chi connectivity index (χ1v) is 7.02. The van der Waals surface area contributed by atoms with E-state index in [-0.39, 0.29) is 11.6 Å². The van der Waals surface area contributed by atoms with Crippen LogP contribution < -0.4 is 5.32 Å². The van der Waals surface area contributed by atoms with Crippen molar-refractivity contribution in [3.05, 3.63) is 33.9 Å². The molecule has 1 aromatic rings. The summed E-state index contributed by atoms with van der Waals surface area (Å²) < 4.78 is 0. The number of phenols is 1. The molecule has 120 valence electrons. The number of carbonyl (C=O) groups excluding carboxylic acids is 1. The van der Waals surface area contributed by atoms with Gasteiger partial charge in [-0.05, 0) is 12.1 Å². The predicted octanol–water partition coefficient (Wildman–Crippen LogP) is 0.697. The number of carboxylic acid groups (broad SMARTS) is 1. The molecule has 1 amide bonds. The molecule has 0 spiro atoms. The number of hydrogen-bond donors (Lipinski definition) is 3. The van der Waals surface area contributed by atoms with Crippen LogP contribution in [0.25, 0.3) is 0 Å². The second-order valence-corrected chi connectivity index (χ2v) is 5.54. The zero-order chi connectivity index (χ0) is 17.0. The molecule has 1 aliphatic rings. The Morgan fingerprint density at radius 2 is 2.26 bits per heavy atom. The molecule has 0 aromatic heterocycles. The number of nitrogens with one attached hydrogen (secondary N) is 1. The average molecular weight is 338 g/mol.